The van der Waals surface area contributed by atoms with Gasteiger partial charge in [-0.05, 0) is 30.5 Å². The molecule has 0 aliphatic rings. The zero-order valence-electron chi connectivity index (χ0n) is 14.5. The van der Waals surface area contributed by atoms with Crippen molar-refractivity contribution in [2.75, 3.05) is 0 Å². The van der Waals surface area contributed by atoms with Crippen LogP contribution < -0.4 is 0 Å². The molecular weight excluding hydrogens is 308 g/mol. The van der Waals surface area contributed by atoms with E-state index in [0.29, 0.717) is 0 Å². The molecule has 0 fully saturated rings. The van der Waals surface area contributed by atoms with Crippen LogP contribution in [-0.4, -0.2) is 13.0 Å². The van der Waals surface area contributed by atoms with Crippen LogP contribution in [0.15, 0.2) is 29.2 Å². The Kier molecular flexibility index (Phi) is 10.2. The second kappa shape index (κ2) is 11.6. The minimum Gasteiger partial charge on any atom is -0.282 e. The van der Waals surface area contributed by atoms with E-state index in [1.807, 2.05) is 0 Å². The third kappa shape index (κ3) is 9.77. The number of rotatable bonds is 13. The molecule has 0 bridgehead atoms. The Bertz CT molecular complexity index is 506. The maximum Gasteiger partial charge on any atom is 0.294 e. The SMILES string of the molecule is CCCCCCCCCCCCCc1ccc(S(=O)(=O)O)cc1. The van der Waals surface area contributed by atoms with E-state index >= 15 is 0 Å². The molecule has 0 saturated heterocycles. The van der Waals surface area contributed by atoms with Gasteiger partial charge in [-0.3, -0.25) is 4.55 Å². The molecule has 0 atom stereocenters. The molecule has 4 heteroatoms. The summed E-state index contributed by atoms with van der Waals surface area (Å²) in [5, 5.41) is 0. The molecule has 1 N–H and O–H groups in total. The molecule has 0 aliphatic carbocycles. The first-order valence-corrected chi connectivity index (χ1v) is 10.5. The van der Waals surface area contributed by atoms with Crippen LogP contribution in [0.1, 0.15) is 83.1 Å². The van der Waals surface area contributed by atoms with Crippen LogP contribution in [0.3, 0.4) is 0 Å². The van der Waals surface area contributed by atoms with E-state index < -0.39 is 10.1 Å². The number of hydrogen-bond donors (Lipinski definition) is 1. The Balaban J connectivity index is 2.01. The lowest BCUT2D eigenvalue weighted by atomic mass is 10.0. The van der Waals surface area contributed by atoms with Crippen molar-refractivity contribution in [1.82, 2.24) is 0 Å². The fourth-order valence-electron chi connectivity index (χ4n) is 2.82. The van der Waals surface area contributed by atoms with Crippen molar-refractivity contribution in [3.8, 4) is 0 Å². The minimum atomic E-state index is -4.07. The van der Waals surface area contributed by atoms with Gasteiger partial charge in [-0.2, -0.15) is 8.42 Å². The lowest BCUT2D eigenvalue weighted by Gasteiger charge is -2.04. The number of benzene rings is 1. The van der Waals surface area contributed by atoms with E-state index in [1.165, 1.54) is 76.3 Å². The van der Waals surface area contributed by atoms with Gasteiger partial charge in [0.1, 0.15) is 0 Å². The Hall–Kier alpha value is -0.870. The summed E-state index contributed by atoms with van der Waals surface area (Å²) in [4.78, 5) is -0.0276. The summed E-state index contributed by atoms with van der Waals surface area (Å²) in [6.07, 6.45) is 15.6. The smallest absolute Gasteiger partial charge is 0.282 e. The highest BCUT2D eigenvalue weighted by atomic mass is 32.2. The van der Waals surface area contributed by atoms with Crippen LogP contribution in [0.2, 0.25) is 0 Å². The molecule has 1 rings (SSSR count). The number of hydrogen-bond acceptors (Lipinski definition) is 2. The first-order chi connectivity index (χ1) is 11.0. The lowest BCUT2D eigenvalue weighted by Crippen LogP contribution is -1.98. The average molecular weight is 341 g/mol. The van der Waals surface area contributed by atoms with Gasteiger partial charge < -0.3 is 0 Å². The molecule has 0 heterocycles. The molecule has 0 aliphatic heterocycles. The van der Waals surface area contributed by atoms with Gasteiger partial charge >= 0.3 is 0 Å². The van der Waals surface area contributed by atoms with Crippen molar-refractivity contribution in [2.24, 2.45) is 0 Å². The van der Waals surface area contributed by atoms with E-state index in [0.717, 1.165) is 18.4 Å². The van der Waals surface area contributed by atoms with Gasteiger partial charge in [-0.1, -0.05) is 83.3 Å². The zero-order chi connectivity index (χ0) is 17.0. The molecule has 0 spiro atoms. The van der Waals surface area contributed by atoms with E-state index in [1.54, 1.807) is 12.1 Å². The summed E-state index contributed by atoms with van der Waals surface area (Å²) in [6, 6.07) is 6.53. The van der Waals surface area contributed by atoms with Gasteiger partial charge in [0.25, 0.3) is 10.1 Å². The summed E-state index contributed by atoms with van der Waals surface area (Å²) < 4.78 is 30.8. The average Bonchev–Trinajstić information content (AvgIpc) is 2.52. The van der Waals surface area contributed by atoms with Gasteiger partial charge in [-0.15, -0.1) is 0 Å². The quantitative estimate of drug-likeness (QED) is 0.365. The van der Waals surface area contributed by atoms with Gasteiger partial charge in [0.15, 0.2) is 0 Å². The van der Waals surface area contributed by atoms with Gasteiger partial charge in [0.2, 0.25) is 0 Å². The normalized spacial score (nSPS) is 11.7. The largest absolute Gasteiger partial charge is 0.294 e. The van der Waals surface area contributed by atoms with Gasteiger partial charge in [0.05, 0.1) is 4.90 Å². The summed E-state index contributed by atoms with van der Waals surface area (Å²) in [5.74, 6) is 0. The molecule has 3 nitrogen and oxygen atoms in total. The summed E-state index contributed by atoms with van der Waals surface area (Å²) >= 11 is 0. The fraction of sp³-hybridized carbons (Fsp3) is 0.684. The van der Waals surface area contributed by atoms with Crippen molar-refractivity contribution >= 4 is 10.1 Å². The number of aryl methyl sites for hydroxylation is 1. The summed E-state index contributed by atoms with van der Waals surface area (Å²) in [7, 11) is -4.07. The fourth-order valence-corrected chi connectivity index (χ4v) is 3.30. The zero-order valence-corrected chi connectivity index (χ0v) is 15.3. The predicted molar refractivity (Wildman–Crippen MR) is 96.4 cm³/mol. The molecule has 1 aromatic carbocycles. The molecule has 1 aromatic rings. The van der Waals surface area contributed by atoms with E-state index in [-0.39, 0.29) is 4.90 Å². The van der Waals surface area contributed by atoms with E-state index in [4.69, 9.17) is 4.55 Å². The van der Waals surface area contributed by atoms with Crippen LogP contribution >= 0.6 is 0 Å². The van der Waals surface area contributed by atoms with Crippen LogP contribution in [0.5, 0.6) is 0 Å². The Morgan fingerprint density at radius 2 is 1.17 bits per heavy atom. The van der Waals surface area contributed by atoms with Gasteiger partial charge in [0, 0.05) is 0 Å². The highest BCUT2D eigenvalue weighted by molar-refractivity contribution is 7.85. The van der Waals surface area contributed by atoms with Crippen molar-refractivity contribution < 1.29 is 13.0 Å². The van der Waals surface area contributed by atoms with Gasteiger partial charge in [-0.25, -0.2) is 0 Å². The lowest BCUT2D eigenvalue weighted by molar-refractivity contribution is 0.483. The monoisotopic (exact) mass is 340 g/mol. The van der Waals surface area contributed by atoms with Crippen molar-refractivity contribution in [2.45, 2.75) is 88.9 Å². The Morgan fingerprint density at radius 3 is 1.61 bits per heavy atom. The highest BCUT2D eigenvalue weighted by Gasteiger charge is 2.08. The molecule has 0 unspecified atom stereocenters. The molecular formula is C19H32O3S. The molecule has 0 aromatic heterocycles. The van der Waals surface area contributed by atoms with E-state index in [9.17, 15) is 8.42 Å². The molecule has 0 amide bonds. The Labute approximate surface area is 142 Å². The van der Waals surface area contributed by atoms with Crippen molar-refractivity contribution in [3.05, 3.63) is 29.8 Å². The Morgan fingerprint density at radius 1 is 0.739 bits per heavy atom. The molecule has 23 heavy (non-hydrogen) atoms. The minimum absolute atomic E-state index is 0.0276. The maximum absolute atomic E-state index is 11.0. The number of unbranched alkanes of at least 4 members (excludes halogenated alkanes) is 10. The molecule has 0 saturated carbocycles. The maximum atomic E-state index is 11.0. The summed E-state index contributed by atoms with van der Waals surface area (Å²) in [6.45, 7) is 2.25. The predicted octanol–water partition coefficient (Wildman–Crippen LogP) is 5.79. The third-order valence-electron chi connectivity index (χ3n) is 4.29. The highest BCUT2D eigenvalue weighted by Crippen LogP contribution is 2.14. The van der Waals surface area contributed by atoms with Crippen LogP contribution in [-0.2, 0) is 16.5 Å². The second-order valence-electron chi connectivity index (χ2n) is 6.40. The molecule has 132 valence electrons. The second-order valence-corrected chi connectivity index (χ2v) is 7.83. The first kappa shape index (κ1) is 20.2. The van der Waals surface area contributed by atoms with Crippen molar-refractivity contribution in [1.29, 1.82) is 0 Å². The van der Waals surface area contributed by atoms with Crippen molar-refractivity contribution in [3.63, 3.8) is 0 Å². The topological polar surface area (TPSA) is 54.4 Å². The van der Waals surface area contributed by atoms with Crippen LogP contribution in [0.4, 0.5) is 0 Å². The van der Waals surface area contributed by atoms with E-state index in [2.05, 4.69) is 6.92 Å². The molecule has 0 radical (unpaired) electrons. The first-order valence-electron chi connectivity index (χ1n) is 9.10. The van der Waals surface area contributed by atoms with Crippen LogP contribution in [0.25, 0.3) is 0 Å². The standard InChI is InChI=1S/C19H32O3S/c1-2-3-4-5-6-7-8-9-10-11-12-13-18-14-16-19(17-15-18)23(20,21)22/h14-17H,2-13H2,1H3,(H,20,21,22). The summed E-state index contributed by atoms with van der Waals surface area (Å²) in [5.41, 5.74) is 1.13. The van der Waals surface area contributed by atoms with Crippen LogP contribution in [0, 0.1) is 0 Å². The third-order valence-corrected chi connectivity index (χ3v) is 5.16.